The molecule has 1 amide bonds. The molecule has 3 aromatic rings. The van der Waals surface area contributed by atoms with E-state index in [1.807, 2.05) is 24.8 Å². The van der Waals surface area contributed by atoms with Gasteiger partial charge in [-0.2, -0.15) is 0 Å². The van der Waals surface area contributed by atoms with Crippen LogP contribution in [0.1, 0.15) is 40.2 Å². The lowest BCUT2D eigenvalue weighted by Crippen LogP contribution is -2.29. The molecule has 0 radical (unpaired) electrons. The molecule has 0 aliphatic carbocycles. The van der Waals surface area contributed by atoms with E-state index in [2.05, 4.69) is 4.57 Å². The Kier molecular flexibility index (Phi) is 6.58. The molecule has 1 fully saturated rings. The van der Waals surface area contributed by atoms with Gasteiger partial charge in [-0.3, -0.25) is 4.79 Å². The minimum absolute atomic E-state index is 0.0426. The second-order valence-corrected chi connectivity index (χ2v) is 8.47. The molecule has 168 valence electrons. The number of para-hydroxylation sites is 1. The van der Waals surface area contributed by atoms with E-state index in [0.29, 0.717) is 37.7 Å². The standard InChI is InChI=1S/C26H28F2N2O2/c1-18-15-23(19(2)30(18)17-20-7-9-22(27)10-8-20)26(31)29-13-11-21(16-29)12-14-32-25-6-4-3-5-24(25)28/h3-10,15,21H,11-14,16-17H2,1-2H3. The van der Waals surface area contributed by atoms with Gasteiger partial charge < -0.3 is 14.2 Å². The maximum absolute atomic E-state index is 13.7. The molecule has 0 spiro atoms. The fourth-order valence-corrected chi connectivity index (χ4v) is 4.35. The van der Waals surface area contributed by atoms with E-state index < -0.39 is 0 Å². The van der Waals surface area contributed by atoms with Crippen molar-refractivity contribution in [1.82, 2.24) is 9.47 Å². The number of likely N-dealkylation sites (tertiary alicyclic amines) is 1. The number of halogens is 2. The van der Waals surface area contributed by atoms with Gasteiger partial charge in [0, 0.05) is 31.0 Å². The van der Waals surface area contributed by atoms with Crippen LogP contribution in [0.5, 0.6) is 5.75 Å². The number of carbonyl (C=O) groups is 1. The monoisotopic (exact) mass is 438 g/mol. The van der Waals surface area contributed by atoms with Gasteiger partial charge >= 0.3 is 0 Å². The number of ether oxygens (including phenoxy) is 1. The molecule has 6 heteroatoms. The third-order valence-corrected chi connectivity index (χ3v) is 6.25. The molecule has 1 unspecified atom stereocenters. The Morgan fingerprint density at radius 1 is 1.09 bits per heavy atom. The number of rotatable bonds is 7. The van der Waals surface area contributed by atoms with Gasteiger partial charge in [-0.25, -0.2) is 8.78 Å². The topological polar surface area (TPSA) is 34.5 Å². The van der Waals surface area contributed by atoms with Gasteiger partial charge in [-0.05, 0) is 68.5 Å². The van der Waals surface area contributed by atoms with Gasteiger partial charge in [0.05, 0.1) is 12.2 Å². The first-order valence-corrected chi connectivity index (χ1v) is 11.0. The average molecular weight is 439 g/mol. The molecule has 1 atom stereocenters. The van der Waals surface area contributed by atoms with Crippen molar-refractivity contribution in [3.8, 4) is 5.75 Å². The molecule has 4 nitrogen and oxygen atoms in total. The summed E-state index contributed by atoms with van der Waals surface area (Å²) >= 11 is 0. The number of aromatic nitrogens is 1. The molecule has 1 saturated heterocycles. The van der Waals surface area contributed by atoms with E-state index in [1.54, 1.807) is 30.3 Å². The van der Waals surface area contributed by atoms with Crippen molar-refractivity contribution >= 4 is 5.91 Å². The maximum atomic E-state index is 13.7. The first-order chi connectivity index (χ1) is 15.4. The predicted molar refractivity (Wildman–Crippen MR) is 120 cm³/mol. The van der Waals surface area contributed by atoms with Gasteiger partial charge in [0.1, 0.15) is 5.82 Å². The van der Waals surface area contributed by atoms with Crippen LogP contribution in [0, 0.1) is 31.4 Å². The summed E-state index contributed by atoms with van der Waals surface area (Å²) in [5.41, 5.74) is 3.63. The Hall–Kier alpha value is -3.15. The van der Waals surface area contributed by atoms with Gasteiger partial charge in [-0.15, -0.1) is 0 Å². The van der Waals surface area contributed by atoms with E-state index in [4.69, 9.17) is 4.74 Å². The van der Waals surface area contributed by atoms with Gasteiger partial charge in [0.25, 0.3) is 5.91 Å². The molecule has 0 N–H and O–H groups in total. The Labute approximate surface area is 187 Å². The highest BCUT2D eigenvalue weighted by atomic mass is 19.1. The van der Waals surface area contributed by atoms with E-state index in [0.717, 1.165) is 29.8 Å². The van der Waals surface area contributed by atoms with Crippen molar-refractivity contribution in [2.75, 3.05) is 19.7 Å². The quantitative estimate of drug-likeness (QED) is 0.498. The van der Waals surface area contributed by atoms with Crippen molar-refractivity contribution < 1.29 is 18.3 Å². The highest BCUT2D eigenvalue weighted by Crippen LogP contribution is 2.25. The third-order valence-electron chi connectivity index (χ3n) is 6.25. The number of aryl methyl sites for hydroxylation is 1. The van der Waals surface area contributed by atoms with Crippen LogP contribution in [0.15, 0.2) is 54.6 Å². The summed E-state index contributed by atoms with van der Waals surface area (Å²) in [6, 6.07) is 14.8. The normalized spacial score (nSPS) is 15.9. The van der Waals surface area contributed by atoms with Crippen molar-refractivity contribution in [2.24, 2.45) is 5.92 Å². The predicted octanol–water partition coefficient (Wildman–Crippen LogP) is 5.36. The highest BCUT2D eigenvalue weighted by molar-refractivity contribution is 5.96. The average Bonchev–Trinajstić information content (AvgIpc) is 3.36. The van der Waals surface area contributed by atoms with Crippen LogP contribution in [-0.2, 0) is 6.54 Å². The summed E-state index contributed by atoms with van der Waals surface area (Å²) in [6.07, 6.45) is 1.70. The lowest BCUT2D eigenvalue weighted by Gasteiger charge is -2.17. The van der Waals surface area contributed by atoms with Gasteiger partial charge in [0.15, 0.2) is 11.6 Å². The van der Waals surface area contributed by atoms with Crippen LogP contribution in [0.4, 0.5) is 8.78 Å². The summed E-state index contributed by atoms with van der Waals surface area (Å²) < 4.78 is 34.5. The molecular weight excluding hydrogens is 410 g/mol. The second-order valence-electron chi connectivity index (χ2n) is 8.47. The Morgan fingerprint density at radius 3 is 2.59 bits per heavy atom. The highest BCUT2D eigenvalue weighted by Gasteiger charge is 2.29. The van der Waals surface area contributed by atoms with Crippen molar-refractivity contribution in [3.05, 3.63) is 88.7 Å². The Balaban J connectivity index is 1.35. The molecule has 0 saturated carbocycles. The van der Waals surface area contributed by atoms with Crippen LogP contribution >= 0.6 is 0 Å². The minimum atomic E-state index is -0.355. The van der Waals surface area contributed by atoms with Crippen LogP contribution in [-0.4, -0.2) is 35.1 Å². The van der Waals surface area contributed by atoms with Crippen molar-refractivity contribution in [3.63, 3.8) is 0 Å². The third kappa shape index (κ3) is 4.85. The molecule has 2 heterocycles. The van der Waals surface area contributed by atoms with Crippen LogP contribution < -0.4 is 4.74 Å². The maximum Gasteiger partial charge on any atom is 0.255 e. The minimum Gasteiger partial charge on any atom is -0.491 e. The molecule has 4 rings (SSSR count). The number of hydrogen-bond donors (Lipinski definition) is 0. The Bertz CT molecular complexity index is 1090. The van der Waals surface area contributed by atoms with Crippen LogP contribution in [0.2, 0.25) is 0 Å². The number of hydrogen-bond acceptors (Lipinski definition) is 2. The SMILES string of the molecule is Cc1cc(C(=O)N2CCC(CCOc3ccccc3F)C2)c(C)n1Cc1ccc(F)cc1. The fraction of sp³-hybridized carbons (Fsp3) is 0.346. The smallest absolute Gasteiger partial charge is 0.255 e. The zero-order chi connectivity index (χ0) is 22.7. The van der Waals surface area contributed by atoms with E-state index in [9.17, 15) is 13.6 Å². The first kappa shape index (κ1) is 22.1. The molecule has 1 aliphatic rings. The Morgan fingerprint density at radius 2 is 1.84 bits per heavy atom. The summed E-state index contributed by atoms with van der Waals surface area (Å²) in [4.78, 5) is 15.1. The molecule has 32 heavy (non-hydrogen) atoms. The van der Waals surface area contributed by atoms with E-state index >= 15 is 0 Å². The molecule has 2 aromatic carbocycles. The lowest BCUT2D eigenvalue weighted by molar-refractivity contribution is 0.0784. The van der Waals surface area contributed by atoms with Gasteiger partial charge in [0.2, 0.25) is 0 Å². The summed E-state index contributed by atoms with van der Waals surface area (Å²) in [5.74, 6) is 0.0432. The first-order valence-electron chi connectivity index (χ1n) is 11.0. The van der Waals surface area contributed by atoms with Crippen LogP contribution in [0.3, 0.4) is 0 Å². The van der Waals surface area contributed by atoms with E-state index in [1.165, 1.54) is 18.2 Å². The summed E-state index contributed by atoms with van der Waals surface area (Å²) in [7, 11) is 0. The number of carbonyl (C=O) groups excluding carboxylic acids is 1. The summed E-state index contributed by atoms with van der Waals surface area (Å²) in [5, 5.41) is 0. The zero-order valence-electron chi connectivity index (χ0n) is 18.5. The number of nitrogens with zero attached hydrogens (tertiary/aromatic N) is 2. The fourth-order valence-electron chi connectivity index (χ4n) is 4.35. The van der Waals surface area contributed by atoms with Crippen molar-refractivity contribution in [2.45, 2.75) is 33.2 Å². The molecule has 1 aliphatic heterocycles. The van der Waals surface area contributed by atoms with Crippen LogP contribution in [0.25, 0.3) is 0 Å². The van der Waals surface area contributed by atoms with Crippen molar-refractivity contribution in [1.29, 1.82) is 0 Å². The van der Waals surface area contributed by atoms with Gasteiger partial charge in [-0.1, -0.05) is 24.3 Å². The molecule has 0 bridgehead atoms. The molecular formula is C26H28F2N2O2. The largest absolute Gasteiger partial charge is 0.491 e. The lowest BCUT2D eigenvalue weighted by atomic mass is 10.1. The second kappa shape index (κ2) is 9.55. The molecule has 1 aromatic heterocycles. The zero-order valence-corrected chi connectivity index (χ0v) is 18.5. The number of amides is 1. The summed E-state index contributed by atoms with van der Waals surface area (Å²) in [6.45, 7) is 6.37. The van der Waals surface area contributed by atoms with E-state index in [-0.39, 0.29) is 23.3 Å². The number of benzene rings is 2.